The predicted molar refractivity (Wildman–Crippen MR) is 173 cm³/mol. The number of fused-ring (bicyclic) bond motifs is 4. The van der Waals surface area contributed by atoms with Crippen LogP contribution < -0.4 is 14.9 Å². The Kier molecular flexibility index (Phi) is 7.48. The lowest BCUT2D eigenvalue weighted by Gasteiger charge is -2.50. The molecule has 3 fully saturated rings. The van der Waals surface area contributed by atoms with Gasteiger partial charge in [0.25, 0.3) is 11.8 Å². The molecule has 242 valence electrons. The molecule has 7 rings (SSSR count). The maximum atomic E-state index is 15.2. The number of aromatic hydroxyl groups is 1. The molecule has 2 aliphatic heterocycles. The fourth-order valence-electron chi connectivity index (χ4n) is 8.25. The lowest BCUT2D eigenvalue weighted by atomic mass is 9.49. The van der Waals surface area contributed by atoms with Crippen LogP contribution in [-0.2, 0) is 24.6 Å². The number of hydrogen-bond donors (Lipinski definition) is 2. The number of allylic oxidation sites excluding steroid dienone is 2. The van der Waals surface area contributed by atoms with Crippen LogP contribution in [-0.4, -0.2) is 59.9 Å². The highest BCUT2D eigenvalue weighted by molar-refractivity contribution is 6.36. The summed E-state index contributed by atoms with van der Waals surface area (Å²) in [5.41, 5.74) is 3.72. The number of nitrogens with one attached hydrogen (secondary N) is 1. The zero-order valence-electron chi connectivity index (χ0n) is 25.7. The quantitative estimate of drug-likeness (QED) is 0.265. The first-order valence-corrected chi connectivity index (χ1v) is 15.9. The molecule has 0 radical (unpaired) electrons. The number of phenolic OH excluding ortho intramolecular Hbond substituents is 1. The monoisotopic (exact) mass is 675 g/mol. The van der Waals surface area contributed by atoms with Crippen LogP contribution in [0, 0.1) is 23.7 Å². The van der Waals surface area contributed by atoms with E-state index < -0.39 is 46.8 Å². The molecule has 0 unspecified atom stereocenters. The number of methoxy groups -OCH3 is 2. The number of imide groups is 2. The first-order valence-electron chi connectivity index (χ1n) is 15.2. The van der Waals surface area contributed by atoms with Crippen molar-refractivity contribution in [2.45, 2.75) is 24.2 Å². The molecule has 1 saturated carbocycles. The van der Waals surface area contributed by atoms with Crippen LogP contribution >= 0.6 is 23.2 Å². The van der Waals surface area contributed by atoms with E-state index in [0.717, 1.165) is 10.6 Å². The Balaban J connectivity index is 1.48. The van der Waals surface area contributed by atoms with Crippen molar-refractivity contribution in [1.29, 1.82) is 0 Å². The summed E-state index contributed by atoms with van der Waals surface area (Å²) in [6.07, 6.45) is 2.42. The smallest absolute Gasteiger partial charge is 0.260 e. The topological polar surface area (TPSA) is 125 Å². The second-order valence-electron chi connectivity index (χ2n) is 12.4. The number of hydrogen-bond acceptors (Lipinski definition) is 8. The van der Waals surface area contributed by atoms with Crippen molar-refractivity contribution >= 4 is 52.5 Å². The second-order valence-corrected chi connectivity index (χ2v) is 13.2. The standard InChI is InChI=1S/C35H31Cl2N3O7/c1-39-31(42)22-11-10-21-23(29(22)33(39)44)16-24-32(43)40(38-26-12-7-19(36)15-25(26)37)34(45)35(24,18-5-8-20(46-2)9-6-18)30(21)17-4-13-27(41)28(14-17)47-3/h4-10,12-15,22-24,29-30,38,41H,11,16H2,1-3H3/t22-,23+,24-,29-,30-,35+/m0/s1. The largest absolute Gasteiger partial charge is 0.504 e. The number of amides is 4. The highest BCUT2D eigenvalue weighted by atomic mass is 35.5. The van der Waals surface area contributed by atoms with Gasteiger partial charge < -0.3 is 14.6 Å². The van der Waals surface area contributed by atoms with Crippen molar-refractivity contribution in [3.8, 4) is 17.2 Å². The first kappa shape index (κ1) is 31.1. The number of carbonyl (C=O) groups is 4. The summed E-state index contributed by atoms with van der Waals surface area (Å²) in [6, 6.07) is 16.6. The number of nitrogens with zero attached hydrogens (tertiary/aromatic N) is 2. The van der Waals surface area contributed by atoms with Gasteiger partial charge in [-0.3, -0.25) is 29.5 Å². The van der Waals surface area contributed by atoms with Gasteiger partial charge in [0.1, 0.15) is 5.75 Å². The average Bonchev–Trinajstić information content (AvgIpc) is 3.42. The maximum Gasteiger partial charge on any atom is 0.260 e. The van der Waals surface area contributed by atoms with Gasteiger partial charge in [0.2, 0.25) is 11.8 Å². The molecular formula is C35H31Cl2N3O7. The molecule has 10 nitrogen and oxygen atoms in total. The number of likely N-dealkylation sites (tertiary alicyclic amines) is 1. The van der Waals surface area contributed by atoms with E-state index in [-0.39, 0.29) is 34.8 Å². The summed E-state index contributed by atoms with van der Waals surface area (Å²) >= 11 is 12.6. The molecule has 0 aromatic heterocycles. The van der Waals surface area contributed by atoms with E-state index in [2.05, 4.69) is 5.43 Å². The van der Waals surface area contributed by atoms with Gasteiger partial charge in [-0.15, -0.1) is 0 Å². The second kappa shape index (κ2) is 11.3. The fraction of sp³-hybridized carbons (Fsp3) is 0.314. The Labute approximate surface area is 280 Å². The molecule has 47 heavy (non-hydrogen) atoms. The highest BCUT2D eigenvalue weighted by Crippen LogP contribution is 2.64. The van der Waals surface area contributed by atoms with E-state index in [1.54, 1.807) is 55.6 Å². The van der Waals surface area contributed by atoms with Crippen LogP contribution in [0.1, 0.15) is 29.9 Å². The molecule has 2 heterocycles. The molecule has 0 spiro atoms. The Bertz CT molecular complexity index is 1880. The van der Waals surface area contributed by atoms with Crippen LogP contribution in [0.4, 0.5) is 5.69 Å². The minimum Gasteiger partial charge on any atom is -0.504 e. The minimum atomic E-state index is -1.51. The first-order chi connectivity index (χ1) is 22.5. The van der Waals surface area contributed by atoms with E-state index in [1.165, 1.54) is 31.2 Å². The zero-order chi connectivity index (χ0) is 33.4. The normalized spacial score (nSPS) is 28.1. The van der Waals surface area contributed by atoms with Gasteiger partial charge in [0.15, 0.2) is 11.5 Å². The number of anilines is 1. The summed E-state index contributed by atoms with van der Waals surface area (Å²) in [5.74, 6) is -4.40. The third-order valence-corrected chi connectivity index (χ3v) is 10.9. The lowest BCUT2D eigenvalue weighted by molar-refractivity contribution is -0.140. The van der Waals surface area contributed by atoms with E-state index in [0.29, 0.717) is 34.0 Å². The van der Waals surface area contributed by atoms with Gasteiger partial charge in [-0.2, -0.15) is 5.01 Å². The summed E-state index contributed by atoms with van der Waals surface area (Å²) in [4.78, 5) is 57.8. The minimum absolute atomic E-state index is 0.0935. The maximum absolute atomic E-state index is 15.2. The van der Waals surface area contributed by atoms with Crippen molar-refractivity contribution in [3.63, 3.8) is 0 Å². The number of halogens is 2. The molecular weight excluding hydrogens is 645 g/mol. The Morgan fingerprint density at radius 3 is 2.32 bits per heavy atom. The van der Waals surface area contributed by atoms with Crippen LogP contribution in [0.2, 0.25) is 10.0 Å². The van der Waals surface area contributed by atoms with Crippen LogP contribution in [0.3, 0.4) is 0 Å². The summed E-state index contributed by atoms with van der Waals surface area (Å²) in [6.45, 7) is 0. The third-order valence-electron chi connectivity index (χ3n) is 10.3. The summed E-state index contributed by atoms with van der Waals surface area (Å²) in [7, 11) is 4.46. The van der Waals surface area contributed by atoms with Crippen LogP contribution in [0.25, 0.3) is 0 Å². The van der Waals surface area contributed by atoms with Crippen molar-refractivity contribution in [1.82, 2.24) is 9.91 Å². The highest BCUT2D eigenvalue weighted by Gasteiger charge is 2.70. The lowest BCUT2D eigenvalue weighted by Crippen LogP contribution is -2.53. The summed E-state index contributed by atoms with van der Waals surface area (Å²) in [5, 5.41) is 12.2. The van der Waals surface area contributed by atoms with Gasteiger partial charge in [0, 0.05) is 18.0 Å². The van der Waals surface area contributed by atoms with E-state index in [4.69, 9.17) is 32.7 Å². The summed E-state index contributed by atoms with van der Waals surface area (Å²) < 4.78 is 10.9. The van der Waals surface area contributed by atoms with Crippen molar-refractivity contribution in [2.24, 2.45) is 23.7 Å². The number of carbonyl (C=O) groups excluding carboxylic acids is 4. The van der Waals surface area contributed by atoms with Gasteiger partial charge in [0.05, 0.1) is 48.1 Å². The number of ether oxygens (including phenoxy) is 2. The Morgan fingerprint density at radius 1 is 0.894 bits per heavy atom. The molecule has 4 amide bonds. The molecule has 2 N–H and O–H groups in total. The molecule has 0 bridgehead atoms. The van der Waals surface area contributed by atoms with Gasteiger partial charge >= 0.3 is 0 Å². The van der Waals surface area contributed by atoms with E-state index in [9.17, 15) is 19.5 Å². The Hall–Kier alpha value is -4.54. The van der Waals surface area contributed by atoms with Crippen molar-refractivity contribution in [2.75, 3.05) is 26.7 Å². The molecule has 3 aromatic carbocycles. The molecule has 2 saturated heterocycles. The van der Waals surface area contributed by atoms with E-state index >= 15 is 4.79 Å². The van der Waals surface area contributed by atoms with Crippen molar-refractivity contribution < 1.29 is 33.8 Å². The SMILES string of the molecule is COc1ccc([C@@]23C(=O)N(Nc4ccc(Cl)cc4Cl)C(=O)[C@@H]2C[C@@H]2C(=CC[C@@H]4C(=O)N(C)C(=O)[C@@H]42)[C@@H]3c2ccc(O)c(OC)c2)cc1. The third kappa shape index (κ3) is 4.45. The Morgan fingerprint density at radius 2 is 1.64 bits per heavy atom. The van der Waals surface area contributed by atoms with E-state index in [1.807, 2.05) is 6.08 Å². The fourth-order valence-corrected chi connectivity index (χ4v) is 8.70. The molecule has 2 aliphatic carbocycles. The molecule has 6 atom stereocenters. The number of hydrazine groups is 1. The number of phenols is 1. The predicted octanol–water partition coefficient (Wildman–Crippen LogP) is 5.33. The van der Waals surface area contributed by atoms with Gasteiger partial charge in [-0.25, -0.2) is 0 Å². The van der Waals surface area contributed by atoms with Crippen LogP contribution in [0.5, 0.6) is 17.2 Å². The zero-order valence-corrected chi connectivity index (χ0v) is 27.2. The van der Waals surface area contributed by atoms with Gasteiger partial charge in [-0.1, -0.05) is 53.1 Å². The number of benzene rings is 3. The molecule has 4 aliphatic rings. The van der Waals surface area contributed by atoms with Crippen LogP contribution in [0.15, 0.2) is 72.3 Å². The molecule has 12 heteroatoms. The molecule has 3 aromatic rings. The van der Waals surface area contributed by atoms with Crippen molar-refractivity contribution in [3.05, 3.63) is 93.5 Å². The van der Waals surface area contributed by atoms with Gasteiger partial charge in [-0.05, 0) is 72.4 Å². The average molecular weight is 677 g/mol. The number of rotatable bonds is 6.